The number of benzene rings is 1. The van der Waals surface area contributed by atoms with E-state index in [-0.39, 0.29) is 23.0 Å². The first-order valence-electron chi connectivity index (χ1n) is 7.73. The van der Waals surface area contributed by atoms with Gasteiger partial charge >= 0.3 is 0 Å². The van der Waals surface area contributed by atoms with Gasteiger partial charge in [-0.15, -0.1) is 0 Å². The van der Waals surface area contributed by atoms with Gasteiger partial charge in [0.1, 0.15) is 11.5 Å². The molecule has 1 N–H and O–H groups in total. The minimum atomic E-state index is -0.0705. The molecule has 0 atom stereocenters. The van der Waals surface area contributed by atoms with E-state index in [1.165, 1.54) is 0 Å². The first-order valence-corrected chi connectivity index (χ1v) is 7.73. The van der Waals surface area contributed by atoms with E-state index in [2.05, 4.69) is 19.2 Å². The van der Waals surface area contributed by atoms with Gasteiger partial charge in [0.2, 0.25) is 5.91 Å². The third kappa shape index (κ3) is 3.75. The Hall–Kier alpha value is -2.10. The lowest BCUT2D eigenvalue weighted by atomic mass is 9.79. The molecule has 2 aliphatic rings. The molecule has 1 amide bonds. The summed E-state index contributed by atoms with van der Waals surface area (Å²) in [5.74, 6) is 1.68. The number of ketones is 1. The van der Waals surface area contributed by atoms with Crippen LogP contribution in [0.1, 0.15) is 39.5 Å². The van der Waals surface area contributed by atoms with Crippen LogP contribution in [-0.4, -0.2) is 11.7 Å². The van der Waals surface area contributed by atoms with Crippen LogP contribution >= 0.6 is 0 Å². The molecule has 2 aliphatic carbocycles. The Morgan fingerprint density at radius 2 is 2.05 bits per heavy atom. The van der Waals surface area contributed by atoms with E-state index in [9.17, 15) is 9.59 Å². The van der Waals surface area contributed by atoms with Crippen LogP contribution in [-0.2, 0) is 9.59 Å². The first-order chi connectivity index (χ1) is 10.4. The number of rotatable bonds is 4. The second-order valence-electron chi connectivity index (χ2n) is 6.99. The highest BCUT2D eigenvalue weighted by atomic mass is 16.5. The normalized spacial score (nSPS) is 20.3. The van der Waals surface area contributed by atoms with Crippen molar-refractivity contribution in [2.75, 3.05) is 5.32 Å². The maximum absolute atomic E-state index is 11.8. The molecular formula is C18H21NO3. The third-order valence-corrected chi connectivity index (χ3v) is 3.93. The van der Waals surface area contributed by atoms with Crippen molar-refractivity contribution in [3.63, 3.8) is 0 Å². The van der Waals surface area contributed by atoms with Gasteiger partial charge in [-0.25, -0.2) is 0 Å². The minimum absolute atomic E-state index is 0.0705. The van der Waals surface area contributed by atoms with Crippen LogP contribution in [0.3, 0.4) is 0 Å². The number of hydrogen-bond donors (Lipinski definition) is 1. The maximum Gasteiger partial charge on any atom is 0.227 e. The Morgan fingerprint density at radius 1 is 1.27 bits per heavy atom. The molecule has 4 heteroatoms. The van der Waals surface area contributed by atoms with E-state index < -0.39 is 0 Å². The summed E-state index contributed by atoms with van der Waals surface area (Å²) in [6.07, 6.45) is 4.83. The Morgan fingerprint density at radius 3 is 2.73 bits per heavy atom. The van der Waals surface area contributed by atoms with E-state index >= 15 is 0 Å². The van der Waals surface area contributed by atoms with Gasteiger partial charge in [0.15, 0.2) is 5.78 Å². The standard InChI is InChI=1S/C18H21NO3/c1-18(2)10-14(20)9-16(11-18)22-15-5-3-4-13(8-15)19-17(21)12-6-7-12/h3-5,8-9,12H,6-7,10-11H2,1-2H3,(H,19,21). The Kier molecular flexibility index (Phi) is 3.77. The Balaban J connectivity index is 1.69. The van der Waals surface area contributed by atoms with Crippen LogP contribution < -0.4 is 10.1 Å². The molecule has 1 saturated carbocycles. The summed E-state index contributed by atoms with van der Waals surface area (Å²) >= 11 is 0. The van der Waals surface area contributed by atoms with Crippen molar-refractivity contribution >= 4 is 17.4 Å². The lowest BCUT2D eigenvalue weighted by Gasteiger charge is -2.28. The van der Waals surface area contributed by atoms with Crippen LogP contribution in [0.2, 0.25) is 0 Å². The van der Waals surface area contributed by atoms with Crippen LogP contribution in [0.15, 0.2) is 36.1 Å². The highest BCUT2D eigenvalue weighted by Crippen LogP contribution is 2.35. The van der Waals surface area contributed by atoms with Crippen LogP contribution in [0, 0.1) is 11.3 Å². The summed E-state index contributed by atoms with van der Waals surface area (Å²) in [7, 11) is 0. The highest BCUT2D eigenvalue weighted by molar-refractivity contribution is 5.94. The predicted octanol–water partition coefficient (Wildman–Crippen LogP) is 3.69. The molecule has 0 bridgehead atoms. The maximum atomic E-state index is 11.8. The quantitative estimate of drug-likeness (QED) is 0.922. The summed E-state index contributed by atoms with van der Waals surface area (Å²) in [6, 6.07) is 7.32. The van der Waals surface area contributed by atoms with Crippen molar-refractivity contribution in [3.8, 4) is 5.75 Å². The molecule has 0 saturated heterocycles. The monoisotopic (exact) mass is 299 g/mol. The Labute approximate surface area is 130 Å². The lowest BCUT2D eigenvalue weighted by Crippen LogP contribution is -2.23. The molecule has 1 aromatic rings. The van der Waals surface area contributed by atoms with Crippen LogP contribution in [0.4, 0.5) is 5.69 Å². The number of amides is 1. The summed E-state index contributed by atoms with van der Waals surface area (Å²) in [5.41, 5.74) is 0.662. The fourth-order valence-corrected chi connectivity index (χ4v) is 2.73. The molecule has 0 heterocycles. The molecule has 3 rings (SSSR count). The molecule has 116 valence electrons. The van der Waals surface area contributed by atoms with Crippen molar-refractivity contribution in [1.82, 2.24) is 0 Å². The third-order valence-electron chi connectivity index (χ3n) is 3.93. The molecule has 1 fully saturated rings. The molecule has 22 heavy (non-hydrogen) atoms. The molecule has 1 aromatic carbocycles. The fourth-order valence-electron chi connectivity index (χ4n) is 2.73. The van der Waals surface area contributed by atoms with Crippen molar-refractivity contribution in [2.45, 2.75) is 39.5 Å². The minimum Gasteiger partial charge on any atom is -0.462 e. The zero-order valence-corrected chi connectivity index (χ0v) is 13.0. The first kappa shape index (κ1) is 14.8. The van der Waals surface area contributed by atoms with Crippen molar-refractivity contribution in [2.24, 2.45) is 11.3 Å². The average molecular weight is 299 g/mol. The number of nitrogens with one attached hydrogen (secondary N) is 1. The second kappa shape index (κ2) is 5.59. The zero-order chi connectivity index (χ0) is 15.7. The van der Waals surface area contributed by atoms with Crippen molar-refractivity contribution in [3.05, 3.63) is 36.1 Å². The van der Waals surface area contributed by atoms with Gasteiger partial charge < -0.3 is 10.1 Å². The topological polar surface area (TPSA) is 55.4 Å². The Bertz CT molecular complexity index is 641. The van der Waals surface area contributed by atoms with Gasteiger partial charge in [0.25, 0.3) is 0 Å². The molecule has 0 aliphatic heterocycles. The van der Waals surface area contributed by atoms with Gasteiger partial charge in [-0.3, -0.25) is 9.59 Å². The SMILES string of the molecule is CC1(C)CC(=O)C=C(Oc2cccc(NC(=O)C3CC3)c2)C1. The smallest absolute Gasteiger partial charge is 0.227 e. The zero-order valence-electron chi connectivity index (χ0n) is 13.0. The molecule has 0 aromatic heterocycles. The summed E-state index contributed by atoms with van der Waals surface area (Å²) in [6.45, 7) is 4.13. The van der Waals surface area contributed by atoms with E-state index in [4.69, 9.17) is 4.74 Å². The fraction of sp³-hybridized carbons (Fsp3) is 0.444. The van der Waals surface area contributed by atoms with Crippen molar-refractivity contribution < 1.29 is 14.3 Å². The number of carbonyl (C=O) groups excluding carboxylic acids is 2. The largest absolute Gasteiger partial charge is 0.462 e. The number of hydrogen-bond acceptors (Lipinski definition) is 3. The summed E-state index contributed by atoms with van der Waals surface area (Å²) in [5, 5.41) is 2.90. The van der Waals surface area contributed by atoms with Crippen LogP contribution in [0.5, 0.6) is 5.75 Å². The number of carbonyl (C=O) groups is 2. The van der Waals surface area contributed by atoms with E-state index in [0.717, 1.165) is 24.9 Å². The van der Waals surface area contributed by atoms with Crippen LogP contribution in [0.25, 0.3) is 0 Å². The van der Waals surface area contributed by atoms with Gasteiger partial charge in [-0.05, 0) is 30.4 Å². The van der Waals surface area contributed by atoms with E-state index in [1.807, 2.05) is 18.2 Å². The van der Waals surface area contributed by atoms with Gasteiger partial charge in [-0.1, -0.05) is 19.9 Å². The number of allylic oxidation sites excluding steroid dienone is 2. The molecule has 0 unspecified atom stereocenters. The molecular weight excluding hydrogens is 278 g/mol. The molecule has 4 nitrogen and oxygen atoms in total. The molecule has 0 spiro atoms. The van der Waals surface area contributed by atoms with E-state index in [0.29, 0.717) is 17.9 Å². The van der Waals surface area contributed by atoms with Gasteiger partial charge in [0.05, 0.1) is 0 Å². The van der Waals surface area contributed by atoms with E-state index in [1.54, 1.807) is 12.1 Å². The summed E-state index contributed by atoms with van der Waals surface area (Å²) < 4.78 is 5.85. The molecule has 0 radical (unpaired) electrons. The summed E-state index contributed by atoms with van der Waals surface area (Å²) in [4.78, 5) is 23.6. The number of ether oxygens (including phenoxy) is 1. The number of anilines is 1. The second-order valence-corrected chi connectivity index (χ2v) is 6.99. The lowest BCUT2D eigenvalue weighted by molar-refractivity contribution is -0.118. The average Bonchev–Trinajstić information content (AvgIpc) is 3.20. The van der Waals surface area contributed by atoms with Gasteiger partial charge in [0, 0.05) is 36.6 Å². The van der Waals surface area contributed by atoms with Crippen molar-refractivity contribution in [1.29, 1.82) is 0 Å². The van der Waals surface area contributed by atoms with Gasteiger partial charge in [-0.2, -0.15) is 0 Å². The predicted molar refractivity (Wildman–Crippen MR) is 84.5 cm³/mol. The highest BCUT2D eigenvalue weighted by Gasteiger charge is 2.30.